The third kappa shape index (κ3) is 3.67. The van der Waals surface area contributed by atoms with E-state index >= 15 is 0 Å². The van der Waals surface area contributed by atoms with Gasteiger partial charge < -0.3 is 5.32 Å². The molecule has 0 amide bonds. The van der Waals surface area contributed by atoms with Gasteiger partial charge in [-0.2, -0.15) is 0 Å². The van der Waals surface area contributed by atoms with Crippen LogP contribution in [0.2, 0.25) is 5.02 Å². The number of benzene rings is 1. The highest BCUT2D eigenvalue weighted by Crippen LogP contribution is 2.22. The van der Waals surface area contributed by atoms with Crippen molar-refractivity contribution in [3.8, 4) is 0 Å². The van der Waals surface area contributed by atoms with Crippen molar-refractivity contribution in [3.63, 3.8) is 0 Å². The number of aryl methyl sites for hydroxylation is 2. The van der Waals surface area contributed by atoms with Gasteiger partial charge >= 0.3 is 0 Å². The lowest BCUT2D eigenvalue weighted by Gasteiger charge is -2.18. The molecule has 1 aromatic heterocycles. The maximum absolute atomic E-state index is 5.92. The molecule has 0 aliphatic heterocycles. The predicted molar refractivity (Wildman–Crippen MR) is 79.6 cm³/mol. The molecule has 100 valence electrons. The number of nitrogens with zero attached hydrogens (tertiary/aromatic N) is 2. The molecule has 0 saturated carbocycles. The summed E-state index contributed by atoms with van der Waals surface area (Å²) in [4.78, 5) is 8.83. The number of halogens is 1. The van der Waals surface area contributed by atoms with Crippen molar-refractivity contribution in [1.29, 1.82) is 0 Å². The number of rotatable bonds is 4. The van der Waals surface area contributed by atoms with Crippen molar-refractivity contribution in [3.05, 3.63) is 52.3 Å². The van der Waals surface area contributed by atoms with Gasteiger partial charge in [0, 0.05) is 16.4 Å². The fourth-order valence-electron chi connectivity index (χ4n) is 2.06. The maximum atomic E-state index is 5.92. The first-order valence-corrected chi connectivity index (χ1v) is 6.80. The Bertz CT molecular complexity index is 532. The van der Waals surface area contributed by atoms with Crippen LogP contribution in [-0.2, 0) is 0 Å². The highest BCUT2D eigenvalue weighted by molar-refractivity contribution is 6.30. The summed E-state index contributed by atoms with van der Waals surface area (Å²) in [5.74, 6) is 0.680. The average molecular weight is 276 g/mol. The minimum atomic E-state index is 0.193. The second-order valence-corrected chi connectivity index (χ2v) is 5.07. The first kappa shape index (κ1) is 13.8. The standard InChI is InChI=1S/C15H18ClN3/c1-4-14(12-5-7-13(16)8-6-12)19-15-17-10(2)9-11(3)18-15/h5-9,14H,4H2,1-3H3,(H,17,18,19). The zero-order valence-electron chi connectivity index (χ0n) is 11.4. The Morgan fingerprint density at radius 2 is 1.68 bits per heavy atom. The van der Waals surface area contributed by atoms with Crippen LogP contribution in [-0.4, -0.2) is 9.97 Å². The summed E-state index contributed by atoms with van der Waals surface area (Å²) < 4.78 is 0. The monoisotopic (exact) mass is 275 g/mol. The van der Waals surface area contributed by atoms with Gasteiger partial charge in [0.1, 0.15) is 0 Å². The first-order valence-electron chi connectivity index (χ1n) is 6.42. The molecular formula is C15H18ClN3. The van der Waals surface area contributed by atoms with Crippen molar-refractivity contribution < 1.29 is 0 Å². The van der Waals surface area contributed by atoms with Gasteiger partial charge in [-0.1, -0.05) is 30.7 Å². The zero-order chi connectivity index (χ0) is 13.8. The lowest BCUT2D eigenvalue weighted by atomic mass is 10.1. The molecule has 2 rings (SSSR count). The van der Waals surface area contributed by atoms with Crippen LogP contribution in [0.5, 0.6) is 0 Å². The SMILES string of the molecule is CCC(Nc1nc(C)cc(C)n1)c1ccc(Cl)cc1. The molecule has 4 heteroatoms. The summed E-state index contributed by atoms with van der Waals surface area (Å²) in [7, 11) is 0. The van der Waals surface area contributed by atoms with Gasteiger partial charge in [-0.05, 0) is 44.0 Å². The highest BCUT2D eigenvalue weighted by Gasteiger charge is 2.11. The van der Waals surface area contributed by atoms with E-state index in [1.165, 1.54) is 5.56 Å². The molecule has 0 spiro atoms. The van der Waals surface area contributed by atoms with E-state index in [0.717, 1.165) is 22.8 Å². The van der Waals surface area contributed by atoms with Crippen LogP contribution in [0.4, 0.5) is 5.95 Å². The van der Waals surface area contributed by atoms with E-state index in [1.807, 2.05) is 44.2 Å². The van der Waals surface area contributed by atoms with E-state index < -0.39 is 0 Å². The molecule has 1 N–H and O–H groups in total. The van der Waals surface area contributed by atoms with Crippen LogP contribution in [0, 0.1) is 13.8 Å². The number of hydrogen-bond acceptors (Lipinski definition) is 3. The largest absolute Gasteiger partial charge is 0.347 e. The van der Waals surface area contributed by atoms with Crippen molar-refractivity contribution in [2.24, 2.45) is 0 Å². The molecular weight excluding hydrogens is 258 g/mol. The Kier molecular flexibility index (Phi) is 4.38. The smallest absolute Gasteiger partial charge is 0.223 e. The van der Waals surface area contributed by atoms with Crippen LogP contribution >= 0.6 is 11.6 Å². The van der Waals surface area contributed by atoms with Crippen molar-refractivity contribution in [1.82, 2.24) is 9.97 Å². The molecule has 1 heterocycles. The summed E-state index contributed by atoms with van der Waals surface area (Å²) in [5.41, 5.74) is 3.14. The van der Waals surface area contributed by atoms with Crippen molar-refractivity contribution in [2.75, 3.05) is 5.32 Å². The van der Waals surface area contributed by atoms with Crippen LogP contribution in [0.3, 0.4) is 0 Å². The lowest BCUT2D eigenvalue weighted by Crippen LogP contribution is -2.12. The van der Waals surface area contributed by atoms with Crippen LogP contribution in [0.1, 0.15) is 36.3 Å². The van der Waals surface area contributed by atoms with Gasteiger partial charge in [0.2, 0.25) is 5.95 Å². The summed E-state index contributed by atoms with van der Waals surface area (Å²) in [6.45, 7) is 6.08. The Labute approximate surface area is 119 Å². The molecule has 0 aliphatic carbocycles. The Morgan fingerprint density at radius 1 is 1.11 bits per heavy atom. The average Bonchev–Trinajstić information content (AvgIpc) is 2.36. The second kappa shape index (κ2) is 6.02. The van der Waals surface area contributed by atoms with Gasteiger partial charge in [0.05, 0.1) is 6.04 Å². The summed E-state index contributed by atoms with van der Waals surface area (Å²) in [6, 6.07) is 10.0. The van der Waals surface area contributed by atoms with E-state index in [1.54, 1.807) is 0 Å². The Morgan fingerprint density at radius 3 is 2.21 bits per heavy atom. The van der Waals surface area contributed by atoms with E-state index in [4.69, 9.17) is 11.6 Å². The quantitative estimate of drug-likeness (QED) is 0.903. The van der Waals surface area contributed by atoms with E-state index in [9.17, 15) is 0 Å². The summed E-state index contributed by atoms with van der Waals surface area (Å²) >= 11 is 5.92. The fraction of sp³-hybridized carbons (Fsp3) is 0.333. The molecule has 1 unspecified atom stereocenters. The third-order valence-corrected chi connectivity index (χ3v) is 3.22. The van der Waals surface area contributed by atoms with Gasteiger partial charge in [0.25, 0.3) is 0 Å². The summed E-state index contributed by atoms with van der Waals surface area (Å²) in [5, 5.41) is 4.13. The van der Waals surface area contributed by atoms with Gasteiger partial charge in [-0.15, -0.1) is 0 Å². The first-order chi connectivity index (χ1) is 9.08. The molecule has 0 radical (unpaired) electrons. The number of hydrogen-bond donors (Lipinski definition) is 1. The van der Waals surface area contributed by atoms with Crippen LogP contribution in [0.25, 0.3) is 0 Å². The molecule has 0 aliphatic rings. The normalized spacial score (nSPS) is 12.2. The predicted octanol–water partition coefficient (Wildman–Crippen LogP) is 4.31. The van der Waals surface area contributed by atoms with Gasteiger partial charge in [-0.3, -0.25) is 0 Å². The van der Waals surface area contributed by atoms with Gasteiger partial charge in [-0.25, -0.2) is 9.97 Å². The molecule has 0 bridgehead atoms. The molecule has 0 saturated heterocycles. The molecule has 2 aromatic rings. The molecule has 0 fully saturated rings. The van der Waals surface area contributed by atoms with Gasteiger partial charge in [0.15, 0.2) is 0 Å². The number of anilines is 1. The third-order valence-electron chi connectivity index (χ3n) is 2.97. The van der Waals surface area contributed by atoms with Crippen LogP contribution < -0.4 is 5.32 Å². The Hall–Kier alpha value is -1.61. The lowest BCUT2D eigenvalue weighted by molar-refractivity contribution is 0.736. The van der Waals surface area contributed by atoms with E-state index in [2.05, 4.69) is 22.2 Å². The van der Waals surface area contributed by atoms with Crippen molar-refractivity contribution >= 4 is 17.5 Å². The highest BCUT2D eigenvalue weighted by atomic mass is 35.5. The minimum Gasteiger partial charge on any atom is -0.347 e. The molecule has 19 heavy (non-hydrogen) atoms. The zero-order valence-corrected chi connectivity index (χ0v) is 12.2. The second-order valence-electron chi connectivity index (χ2n) is 4.63. The Balaban J connectivity index is 2.21. The van der Waals surface area contributed by atoms with Crippen molar-refractivity contribution in [2.45, 2.75) is 33.2 Å². The maximum Gasteiger partial charge on any atom is 0.223 e. The van der Waals surface area contributed by atoms with E-state index in [-0.39, 0.29) is 6.04 Å². The topological polar surface area (TPSA) is 37.8 Å². The van der Waals surface area contributed by atoms with E-state index in [0.29, 0.717) is 5.95 Å². The van der Waals surface area contributed by atoms with Crippen LogP contribution in [0.15, 0.2) is 30.3 Å². The molecule has 3 nitrogen and oxygen atoms in total. The number of nitrogens with one attached hydrogen (secondary N) is 1. The fourth-order valence-corrected chi connectivity index (χ4v) is 2.19. The molecule has 1 aromatic carbocycles. The minimum absolute atomic E-state index is 0.193. The number of aromatic nitrogens is 2. The molecule has 1 atom stereocenters. The summed E-state index contributed by atoms with van der Waals surface area (Å²) in [6.07, 6.45) is 0.956.